The molecule has 0 bridgehead atoms. The smallest absolute Gasteiger partial charge is 0.186 e. The summed E-state index contributed by atoms with van der Waals surface area (Å²) in [6.45, 7) is 1.05. The third-order valence-electron chi connectivity index (χ3n) is 4.24. The molecule has 4 atom stereocenters. The molecular formula is C20H24O5. The molecule has 0 aliphatic carbocycles. The molecule has 5 heteroatoms. The Bertz CT molecular complexity index is 618. The van der Waals surface area contributed by atoms with Gasteiger partial charge >= 0.3 is 0 Å². The Kier molecular flexibility index (Phi) is 6.55. The van der Waals surface area contributed by atoms with Crippen molar-refractivity contribution in [2.24, 2.45) is 0 Å². The van der Waals surface area contributed by atoms with Crippen LogP contribution in [0.4, 0.5) is 0 Å². The second-order valence-electron chi connectivity index (χ2n) is 6.02. The summed E-state index contributed by atoms with van der Waals surface area (Å²) >= 11 is 0. The average molecular weight is 344 g/mol. The van der Waals surface area contributed by atoms with Crippen LogP contribution < -0.4 is 0 Å². The number of aliphatic hydroxyl groups is 1. The SMILES string of the molecule is COC1OCC(OCc2ccccc2)C(O)C1OCc1ccccc1. The van der Waals surface area contributed by atoms with Crippen molar-refractivity contribution in [3.63, 3.8) is 0 Å². The fourth-order valence-electron chi connectivity index (χ4n) is 2.83. The van der Waals surface area contributed by atoms with Crippen molar-refractivity contribution in [2.45, 2.75) is 37.8 Å². The van der Waals surface area contributed by atoms with Gasteiger partial charge in [0.2, 0.25) is 0 Å². The zero-order chi connectivity index (χ0) is 17.5. The average Bonchev–Trinajstić information content (AvgIpc) is 2.67. The molecule has 4 unspecified atom stereocenters. The Morgan fingerprint density at radius 1 is 0.920 bits per heavy atom. The summed E-state index contributed by atoms with van der Waals surface area (Å²) in [5.41, 5.74) is 2.07. The molecule has 1 heterocycles. The maximum atomic E-state index is 10.7. The third-order valence-corrected chi connectivity index (χ3v) is 4.24. The summed E-state index contributed by atoms with van der Waals surface area (Å²) in [5.74, 6) is 0. The van der Waals surface area contributed by atoms with Gasteiger partial charge in [0, 0.05) is 7.11 Å². The number of hydrogen-bond donors (Lipinski definition) is 1. The molecule has 2 aromatic carbocycles. The van der Waals surface area contributed by atoms with Gasteiger partial charge in [-0.2, -0.15) is 0 Å². The molecule has 134 valence electrons. The standard InChI is InChI=1S/C20H24O5/c1-22-20-19(24-13-16-10-6-3-7-11-16)18(21)17(14-25-20)23-12-15-8-4-2-5-9-15/h2-11,17-21H,12-14H2,1H3. The third kappa shape index (κ3) is 4.87. The topological polar surface area (TPSA) is 57.2 Å². The largest absolute Gasteiger partial charge is 0.387 e. The molecular weight excluding hydrogens is 320 g/mol. The van der Waals surface area contributed by atoms with E-state index in [9.17, 15) is 5.11 Å². The van der Waals surface area contributed by atoms with Crippen LogP contribution in [0.25, 0.3) is 0 Å². The summed E-state index contributed by atoms with van der Waals surface area (Å²) in [6.07, 6.45) is -2.52. The lowest BCUT2D eigenvalue weighted by Crippen LogP contribution is -2.55. The zero-order valence-corrected chi connectivity index (χ0v) is 14.3. The lowest BCUT2D eigenvalue weighted by molar-refractivity contribution is -0.283. The second kappa shape index (κ2) is 9.08. The summed E-state index contributed by atoms with van der Waals surface area (Å²) in [7, 11) is 1.54. The van der Waals surface area contributed by atoms with Crippen molar-refractivity contribution < 1.29 is 24.1 Å². The van der Waals surface area contributed by atoms with Crippen LogP contribution in [0.15, 0.2) is 60.7 Å². The number of methoxy groups -OCH3 is 1. The number of rotatable bonds is 7. The molecule has 1 aliphatic rings. The van der Waals surface area contributed by atoms with Crippen molar-refractivity contribution in [1.82, 2.24) is 0 Å². The first-order valence-electron chi connectivity index (χ1n) is 8.41. The fraction of sp³-hybridized carbons (Fsp3) is 0.400. The minimum atomic E-state index is -0.828. The van der Waals surface area contributed by atoms with E-state index in [4.69, 9.17) is 18.9 Å². The highest BCUT2D eigenvalue weighted by atomic mass is 16.7. The Morgan fingerprint density at radius 3 is 2.04 bits per heavy atom. The molecule has 25 heavy (non-hydrogen) atoms. The first-order valence-corrected chi connectivity index (χ1v) is 8.41. The van der Waals surface area contributed by atoms with Gasteiger partial charge in [0.25, 0.3) is 0 Å². The predicted molar refractivity (Wildman–Crippen MR) is 92.8 cm³/mol. The molecule has 0 radical (unpaired) electrons. The highest BCUT2D eigenvalue weighted by molar-refractivity contribution is 5.14. The maximum absolute atomic E-state index is 10.7. The zero-order valence-electron chi connectivity index (χ0n) is 14.3. The highest BCUT2D eigenvalue weighted by Crippen LogP contribution is 2.23. The summed E-state index contributed by atoms with van der Waals surface area (Å²) in [4.78, 5) is 0. The summed E-state index contributed by atoms with van der Waals surface area (Å²) in [6, 6.07) is 19.6. The van der Waals surface area contributed by atoms with Crippen molar-refractivity contribution in [3.05, 3.63) is 71.8 Å². The number of aliphatic hydroxyl groups excluding tert-OH is 1. The lowest BCUT2D eigenvalue weighted by atomic mass is 10.0. The molecule has 2 aromatic rings. The van der Waals surface area contributed by atoms with E-state index in [1.165, 1.54) is 0 Å². The van der Waals surface area contributed by atoms with Crippen molar-refractivity contribution in [1.29, 1.82) is 0 Å². The van der Waals surface area contributed by atoms with E-state index in [-0.39, 0.29) is 6.61 Å². The Labute approximate surface area is 148 Å². The van der Waals surface area contributed by atoms with E-state index < -0.39 is 24.6 Å². The lowest BCUT2D eigenvalue weighted by Gasteiger charge is -2.39. The molecule has 1 fully saturated rings. The van der Waals surface area contributed by atoms with Gasteiger partial charge in [-0.3, -0.25) is 0 Å². The van der Waals surface area contributed by atoms with E-state index in [1.807, 2.05) is 60.7 Å². The van der Waals surface area contributed by atoms with Gasteiger partial charge in [-0.15, -0.1) is 0 Å². The molecule has 0 saturated carbocycles. The van der Waals surface area contributed by atoms with Gasteiger partial charge in [0.1, 0.15) is 18.3 Å². The van der Waals surface area contributed by atoms with Gasteiger partial charge < -0.3 is 24.1 Å². The molecule has 0 spiro atoms. The quantitative estimate of drug-likeness (QED) is 0.836. The van der Waals surface area contributed by atoms with Gasteiger partial charge in [0.05, 0.1) is 19.8 Å². The van der Waals surface area contributed by atoms with E-state index in [1.54, 1.807) is 7.11 Å². The van der Waals surface area contributed by atoms with E-state index >= 15 is 0 Å². The van der Waals surface area contributed by atoms with Gasteiger partial charge in [-0.05, 0) is 11.1 Å². The molecule has 3 rings (SSSR count). The first-order chi connectivity index (χ1) is 12.3. The normalized spacial score (nSPS) is 26.5. The second-order valence-corrected chi connectivity index (χ2v) is 6.02. The fourth-order valence-corrected chi connectivity index (χ4v) is 2.83. The Hall–Kier alpha value is -1.76. The Morgan fingerprint density at radius 2 is 1.48 bits per heavy atom. The first kappa shape index (κ1) is 18.0. The highest BCUT2D eigenvalue weighted by Gasteiger charge is 2.41. The molecule has 1 N–H and O–H groups in total. The van der Waals surface area contributed by atoms with Gasteiger partial charge in [0.15, 0.2) is 6.29 Å². The minimum Gasteiger partial charge on any atom is -0.387 e. The van der Waals surface area contributed by atoms with Crippen LogP contribution in [0.2, 0.25) is 0 Å². The van der Waals surface area contributed by atoms with Crippen molar-refractivity contribution in [3.8, 4) is 0 Å². The summed E-state index contributed by atoms with van der Waals surface area (Å²) < 4.78 is 22.7. The van der Waals surface area contributed by atoms with Crippen LogP contribution >= 0.6 is 0 Å². The molecule has 1 saturated heterocycles. The van der Waals surface area contributed by atoms with Crippen LogP contribution in [-0.2, 0) is 32.2 Å². The van der Waals surface area contributed by atoms with Crippen molar-refractivity contribution in [2.75, 3.05) is 13.7 Å². The molecule has 0 amide bonds. The monoisotopic (exact) mass is 344 g/mol. The van der Waals surface area contributed by atoms with Crippen molar-refractivity contribution >= 4 is 0 Å². The minimum absolute atomic E-state index is 0.262. The maximum Gasteiger partial charge on any atom is 0.186 e. The predicted octanol–water partition coefficient (Wildman–Crippen LogP) is 2.52. The van der Waals surface area contributed by atoms with E-state index in [2.05, 4.69) is 0 Å². The van der Waals surface area contributed by atoms with Gasteiger partial charge in [-0.25, -0.2) is 0 Å². The molecule has 0 aromatic heterocycles. The van der Waals surface area contributed by atoms with Crippen LogP contribution in [0.3, 0.4) is 0 Å². The van der Waals surface area contributed by atoms with Gasteiger partial charge in [-0.1, -0.05) is 60.7 Å². The van der Waals surface area contributed by atoms with Crippen LogP contribution in [0.5, 0.6) is 0 Å². The molecule has 1 aliphatic heterocycles. The Balaban J connectivity index is 1.59. The van der Waals surface area contributed by atoms with E-state index in [0.29, 0.717) is 13.2 Å². The van der Waals surface area contributed by atoms with Crippen LogP contribution in [0.1, 0.15) is 11.1 Å². The van der Waals surface area contributed by atoms with E-state index in [0.717, 1.165) is 11.1 Å². The number of ether oxygens (including phenoxy) is 4. The van der Waals surface area contributed by atoms with Crippen LogP contribution in [0, 0.1) is 0 Å². The molecule has 5 nitrogen and oxygen atoms in total. The van der Waals surface area contributed by atoms with Crippen LogP contribution in [-0.4, -0.2) is 43.4 Å². The summed E-state index contributed by atoms with van der Waals surface area (Å²) in [5, 5.41) is 10.7. The number of benzene rings is 2. The number of hydrogen-bond acceptors (Lipinski definition) is 5.